The molecule has 1 aliphatic rings. The third kappa shape index (κ3) is 3.24. The molecule has 1 aliphatic heterocycles. The van der Waals surface area contributed by atoms with E-state index in [0.29, 0.717) is 18.0 Å². The van der Waals surface area contributed by atoms with Gasteiger partial charge in [0.25, 0.3) is 0 Å². The fourth-order valence-corrected chi connectivity index (χ4v) is 5.16. The molecule has 0 aromatic heterocycles. The van der Waals surface area contributed by atoms with Gasteiger partial charge in [0, 0.05) is 19.6 Å². The summed E-state index contributed by atoms with van der Waals surface area (Å²) in [5.41, 5.74) is 2.92. The number of rotatable bonds is 3. The van der Waals surface area contributed by atoms with E-state index in [9.17, 15) is 8.42 Å². The Labute approximate surface area is 144 Å². The van der Waals surface area contributed by atoms with Gasteiger partial charge >= 0.3 is 0 Å². The first-order valence-corrected chi connectivity index (χ1v) is 9.66. The standard InChI is InChI=1S/C19H24N2O2S/c1-15-9-10-19(16(2)13-15)24(22,23)21-12-11-20(3)14-18(21)17-7-5-4-6-8-17/h4-10,13,18H,11-12,14H2,1-3H3/t18-/m1/s1. The normalized spacial score (nSPS) is 20.2. The lowest BCUT2D eigenvalue weighted by Gasteiger charge is -2.39. The van der Waals surface area contributed by atoms with E-state index >= 15 is 0 Å². The molecular formula is C19H24N2O2S. The van der Waals surface area contributed by atoms with Crippen molar-refractivity contribution in [2.45, 2.75) is 24.8 Å². The maximum absolute atomic E-state index is 13.3. The van der Waals surface area contributed by atoms with Crippen LogP contribution in [0.1, 0.15) is 22.7 Å². The van der Waals surface area contributed by atoms with Crippen molar-refractivity contribution in [3.63, 3.8) is 0 Å². The van der Waals surface area contributed by atoms with E-state index in [4.69, 9.17) is 0 Å². The van der Waals surface area contributed by atoms with Crippen LogP contribution in [0.5, 0.6) is 0 Å². The molecule has 0 radical (unpaired) electrons. The van der Waals surface area contributed by atoms with Gasteiger partial charge in [-0.25, -0.2) is 8.42 Å². The van der Waals surface area contributed by atoms with Crippen molar-refractivity contribution in [3.05, 3.63) is 65.2 Å². The number of hydrogen-bond donors (Lipinski definition) is 0. The average Bonchev–Trinajstić information content (AvgIpc) is 2.55. The van der Waals surface area contributed by atoms with Crippen molar-refractivity contribution >= 4 is 10.0 Å². The second-order valence-corrected chi connectivity index (χ2v) is 8.43. The summed E-state index contributed by atoms with van der Waals surface area (Å²) in [6.45, 7) is 5.80. The minimum absolute atomic E-state index is 0.157. The highest BCUT2D eigenvalue weighted by atomic mass is 32.2. The molecule has 0 amide bonds. The van der Waals surface area contributed by atoms with E-state index in [2.05, 4.69) is 4.90 Å². The van der Waals surface area contributed by atoms with Crippen LogP contribution in [-0.2, 0) is 10.0 Å². The van der Waals surface area contributed by atoms with Crippen molar-refractivity contribution in [2.75, 3.05) is 26.7 Å². The van der Waals surface area contributed by atoms with Crippen LogP contribution < -0.4 is 0 Å². The first-order chi connectivity index (χ1) is 11.4. The van der Waals surface area contributed by atoms with Gasteiger partial charge < -0.3 is 4.90 Å². The number of aryl methyl sites for hydroxylation is 2. The zero-order chi connectivity index (χ0) is 17.3. The van der Waals surface area contributed by atoms with Crippen LogP contribution in [0.25, 0.3) is 0 Å². The molecule has 2 aromatic carbocycles. The molecule has 4 nitrogen and oxygen atoms in total. The van der Waals surface area contributed by atoms with Crippen LogP contribution in [-0.4, -0.2) is 44.3 Å². The highest BCUT2D eigenvalue weighted by molar-refractivity contribution is 7.89. The lowest BCUT2D eigenvalue weighted by atomic mass is 10.1. The lowest BCUT2D eigenvalue weighted by molar-refractivity contribution is 0.160. The van der Waals surface area contributed by atoms with Gasteiger partial charge in [0.2, 0.25) is 10.0 Å². The maximum atomic E-state index is 13.3. The van der Waals surface area contributed by atoms with Gasteiger partial charge in [-0.15, -0.1) is 0 Å². The summed E-state index contributed by atoms with van der Waals surface area (Å²) in [6, 6.07) is 15.3. The predicted octanol–water partition coefficient (Wildman–Crippen LogP) is 2.98. The number of hydrogen-bond acceptors (Lipinski definition) is 3. The summed E-state index contributed by atoms with van der Waals surface area (Å²) in [4.78, 5) is 2.60. The first-order valence-electron chi connectivity index (χ1n) is 8.22. The van der Waals surface area contributed by atoms with Gasteiger partial charge in [0.1, 0.15) is 0 Å². The van der Waals surface area contributed by atoms with Crippen LogP contribution in [0.15, 0.2) is 53.4 Å². The van der Waals surface area contributed by atoms with E-state index in [1.807, 2.05) is 63.4 Å². The summed E-state index contributed by atoms with van der Waals surface area (Å²) in [6.07, 6.45) is 0. The zero-order valence-corrected chi connectivity index (χ0v) is 15.3. The second kappa shape index (κ2) is 6.67. The Bertz CT molecular complexity index is 819. The molecule has 0 saturated carbocycles. The van der Waals surface area contributed by atoms with Gasteiger partial charge in [-0.3, -0.25) is 0 Å². The minimum atomic E-state index is -3.52. The van der Waals surface area contributed by atoms with E-state index in [1.165, 1.54) is 0 Å². The van der Waals surface area contributed by atoms with Gasteiger partial charge in [0.05, 0.1) is 10.9 Å². The maximum Gasteiger partial charge on any atom is 0.243 e. The SMILES string of the molecule is Cc1ccc(S(=O)(=O)N2CCN(C)C[C@@H]2c2ccccc2)c(C)c1. The molecule has 1 atom stereocenters. The van der Waals surface area contributed by atoms with Crippen LogP contribution in [0.2, 0.25) is 0 Å². The number of likely N-dealkylation sites (N-methyl/N-ethyl adjacent to an activating group) is 1. The van der Waals surface area contributed by atoms with Gasteiger partial charge in [-0.2, -0.15) is 4.31 Å². The highest BCUT2D eigenvalue weighted by Gasteiger charge is 2.36. The van der Waals surface area contributed by atoms with Gasteiger partial charge in [-0.1, -0.05) is 48.0 Å². The van der Waals surface area contributed by atoms with E-state index in [1.54, 1.807) is 10.4 Å². The predicted molar refractivity (Wildman–Crippen MR) is 96.5 cm³/mol. The summed E-state index contributed by atoms with van der Waals surface area (Å²) >= 11 is 0. The smallest absolute Gasteiger partial charge is 0.243 e. The Morgan fingerprint density at radius 1 is 1.00 bits per heavy atom. The van der Waals surface area contributed by atoms with E-state index < -0.39 is 10.0 Å². The van der Waals surface area contributed by atoms with Crippen molar-refractivity contribution in [3.8, 4) is 0 Å². The van der Waals surface area contributed by atoms with Crippen molar-refractivity contribution in [1.82, 2.24) is 9.21 Å². The number of sulfonamides is 1. The largest absolute Gasteiger partial charge is 0.303 e. The van der Waals surface area contributed by atoms with Crippen LogP contribution >= 0.6 is 0 Å². The molecule has 1 fully saturated rings. The summed E-state index contributed by atoms with van der Waals surface area (Å²) in [5, 5.41) is 0. The number of benzene rings is 2. The molecule has 0 spiro atoms. The van der Waals surface area contributed by atoms with Crippen molar-refractivity contribution < 1.29 is 8.42 Å². The van der Waals surface area contributed by atoms with Crippen molar-refractivity contribution in [2.24, 2.45) is 0 Å². The molecule has 128 valence electrons. The van der Waals surface area contributed by atoms with Crippen LogP contribution in [0.3, 0.4) is 0 Å². The summed E-state index contributed by atoms with van der Waals surface area (Å²) < 4.78 is 28.3. The zero-order valence-electron chi connectivity index (χ0n) is 14.4. The quantitative estimate of drug-likeness (QED) is 0.859. The van der Waals surface area contributed by atoms with Crippen LogP contribution in [0, 0.1) is 13.8 Å². The summed E-state index contributed by atoms with van der Waals surface area (Å²) in [7, 11) is -1.48. The molecule has 24 heavy (non-hydrogen) atoms. The fourth-order valence-electron chi connectivity index (χ4n) is 3.35. The molecule has 5 heteroatoms. The molecule has 0 aliphatic carbocycles. The molecule has 1 saturated heterocycles. The van der Waals surface area contributed by atoms with Gasteiger partial charge in [-0.05, 0) is 38.1 Å². The third-order valence-electron chi connectivity index (χ3n) is 4.64. The Kier molecular flexibility index (Phi) is 4.76. The third-order valence-corrected chi connectivity index (χ3v) is 6.70. The monoisotopic (exact) mass is 344 g/mol. The first kappa shape index (κ1) is 17.1. The molecule has 0 N–H and O–H groups in total. The number of nitrogens with zero attached hydrogens (tertiary/aromatic N) is 2. The van der Waals surface area contributed by atoms with Crippen molar-refractivity contribution in [1.29, 1.82) is 0 Å². The molecule has 0 bridgehead atoms. The summed E-state index contributed by atoms with van der Waals surface area (Å²) in [5.74, 6) is 0. The molecule has 2 aromatic rings. The molecule has 0 unspecified atom stereocenters. The van der Waals surface area contributed by atoms with E-state index in [-0.39, 0.29) is 6.04 Å². The Morgan fingerprint density at radius 2 is 1.71 bits per heavy atom. The molecular weight excluding hydrogens is 320 g/mol. The minimum Gasteiger partial charge on any atom is -0.303 e. The van der Waals surface area contributed by atoms with E-state index in [0.717, 1.165) is 23.2 Å². The fraction of sp³-hybridized carbons (Fsp3) is 0.368. The Balaban J connectivity index is 2.04. The molecule has 3 rings (SSSR count). The highest BCUT2D eigenvalue weighted by Crippen LogP contribution is 2.32. The van der Waals surface area contributed by atoms with Crippen LogP contribution in [0.4, 0.5) is 0 Å². The average molecular weight is 344 g/mol. The Morgan fingerprint density at radius 3 is 2.38 bits per heavy atom. The number of piperazine rings is 1. The topological polar surface area (TPSA) is 40.6 Å². The van der Waals surface area contributed by atoms with Gasteiger partial charge in [0.15, 0.2) is 0 Å². The lowest BCUT2D eigenvalue weighted by Crippen LogP contribution is -2.49. The Hall–Kier alpha value is -1.69. The molecule has 1 heterocycles. The second-order valence-electron chi connectivity index (χ2n) is 6.57.